The van der Waals surface area contributed by atoms with Crippen LogP contribution < -0.4 is 0 Å². The Hall–Kier alpha value is -0.780. The Labute approximate surface area is 120 Å². The summed E-state index contributed by atoms with van der Waals surface area (Å²) in [6.07, 6.45) is 0. The van der Waals surface area contributed by atoms with Gasteiger partial charge in [-0.1, -0.05) is 15.9 Å². The maximum Gasteiger partial charge on any atom is 0.257 e. The Balaban J connectivity index is 2.74. The van der Waals surface area contributed by atoms with E-state index in [0.29, 0.717) is 17.6 Å². The summed E-state index contributed by atoms with van der Waals surface area (Å²) in [6.45, 7) is 0.717. The summed E-state index contributed by atoms with van der Waals surface area (Å²) < 4.78 is 5.62. The molecule has 4 nitrogen and oxygen atoms in total. The first kappa shape index (κ1) is 15.3. The lowest BCUT2D eigenvalue weighted by Gasteiger charge is -2.20. The highest BCUT2D eigenvalue weighted by Gasteiger charge is 2.18. The predicted octanol–water partition coefficient (Wildman–Crippen LogP) is 2.48. The molecule has 1 unspecified atom stereocenters. The fourth-order valence-corrected chi connectivity index (χ4v) is 2.19. The Morgan fingerprint density at radius 1 is 1.61 bits per heavy atom. The first-order valence-electron chi connectivity index (χ1n) is 5.32. The fraction of sp³-hybridized carbons (Fsp3) is 0.417. The molecule has 1 N–H and O–H groups in total. The van der Waals surface area contributed by atoms with Crippen LogP contribution in [0.1, 0.15) is 10.4 Å². The molecule has 0 radical (unpaired) electrons. The highest BCUT2D eigenvalue weighted by molar-refractivity contribution is 9.10. The van der Waals surface area contributed by atoms with Crippen LogP contribution in [0.5, 0.6) is 5.75 Å². The van der Waals surface area contributed by atoms with Crippen LogP contribution in [0.15, 0.2) is 22.7 Å². The number of rotatable bonds is 5. The summed E-state index contributed by atoms with van der Waals surface area (Å²) in [4.78, 5) is 13.5. The third-order valence-corrected chi connectivity index (χ3v) is 3.11. The number of phenols is 1. The summed E-state index contributed by atoms with van der Waals surface area (Å²) in [6, 6.07) is 4.75. The number of amides is 1. The van der Waals surface area contributed by atoms with Gasteiger partial charge in [0, 0.05) is 25.2 Å². The van der Waals surface area contributed by atoms with Crippen LogP contribution in [0.2, 0.25) is 0 Å². The highest BCUT2D eigenvalue weighted by atomic mass is 79.9. The van der Waals surface area contributed by atoms with Crippen molar-refractivity contribution in [3.05, 3.63) is 28.2 Å². The topological polar surface area (TPSA) is 49.8 Å². The summed E-state index contributed by atoms with van der Waals surface area (Å²) >= 11 is 9.20. The van der Waals surface area contributed by atoms with E-state index in [0.717, 1.165) is 0 Å². The van der Waals surface area contributed by atoms with E-state index in [4.69, 9.17) is 16.3 Å². The van der Waals surface area contributed by atoms with E-state index in [9.17, 15) is 9.90 Å². The number of carbonyl (C=O) groups is 1. The maximum atomic E-state index is 12.1. The quantitative estimate of drug-likeness (QED) is 0.841. The molecule has 0 heterocycles. The van der Waals surface area contributed by atoms with Crippen LogP contribution in [-0.2, 0) is 4.74 Å². The normalized spacial score (nSPS) is 12.2. The molecular weight excluding hydrogens is 321 g/mol. The monoisotopic (exact) mass is 335 g/mol. The number of nitrogens with zero attached hydrogens (tertiary/aromatic N) is 1. The number of hydrogen-bond donors (Lipinski definition) is 1. The van der Waals surface area contributed by atoms with E-state index in [-0.39, 0.29) is 22.6 Å². The Morgan fingerprint density at radius 2 is 2.28 bits per heavy atom. The van der Waals surface area contributed by atoms with E-state index >= 15 is 0 Å². The average molecular weight is 337 g/mol. The summed E-state index contributed by atoms with van der Waals surface area (Å²) in [5.74, 6) is -0.333. The summed E-state index contributed by atoms with van der Waals surface area (Å²) in [7, 11) is 3.19. The average Bonchev–Trinajstić information content (AvgIpc) is 2.28. The Bertz CT molecular complexity index is 428. The van der Waals surface area contributed by atoms with Crippen molar-refractivity contribution in [1.82, 2.24) is 4.90 Å². The van der Waals surface area contributed by atoms with Gasteiger partial charge in [0.1, 0.15) is 5.75 Å². The van der Waals surface area contributed by atoms with Crippen LogP contribution in [0.4, 0.5) is 0 Å². The molecule has 1 amide bonds. The lowest BCUT2D eigenvalue weighted by molar-refractivity contribution is 0.0778. The van der Waals surface area contributed by atoms with Gasteiger partial charge in [0.05, 0.1) is 17.5 Å². The van der Waals surface area contributed by atoms with Gasteiger partial charge in [-0.25, -0.2) is 0 Å². The standard InChI is InChI=1S/C12H15BrClNO3/c1-15(6-9(14)7-18-2)12(17)10-4-3-8(13)5-11(10)16/h3-5,9,16H,6-7H2,1-2H3. The Kier molecular flexibility index (Phi) is 5.91. The van der Waals surface area contributed by atoms with E-state index in [1.54, 1.807) is 26.3 Å². The minimum Gasteiger partial charge on any atom is -0.507 e. The van der Waals surface area contributed by atoms with Crippen molar-refractivity contribution in [2.24, 2.45) is 0 Å². The third kappa shape index (κ3) is 4.15. The molecule has 0 aliphatic carbocycles. The van der Waals surface area contributed by atoms with E-state index in [1.165, 1.54) is 11.0 Å². The molecular formula is C12H15BrClNO3. The minimum atomic E-state index is -0.276. The van der Waals surface area contributed by atoms with Gasteiger partial charge in [0.15, 0.2) is 0 Å². The molecule has 0 bridgehead atoms. The SMILES string of the molecule is COCC(Cl)CN(C)C(=O)c1ccc(Br)cc1O. The molecule has 18 heavy (non-hydrogen) atoms. The second kappa shape index (κ2) is 6.97. The number of carbonyl (C=O) groups excluding carboxylic acids is 1. The first-order chi connectivity index (χ1) is 8.45. The zero-order valence-corrected chi connectivity index (χ0v) is 12.5. The summed E-state index contributed by atoms with van der Waals surface area (Å²) in [5, 5.41) is 9.44. The van der Waals surface area contributed by atoms with Gasteiger partial charge in [-0.05, 0) is 18.2 Å². The lowest BCUT2D eigenvalue weighted by Crippen LogP contribution is -2.33. The number of hydrogen-bond acceptors (Lipinski definition) is 3. The zero-order valence-electron chi connectivity index (χ0n) is 10.2. The van der Waals surface area contributed by atoms with Gasteiger partial charge < -0.3 is 14.7 Å². The molecule has 1 aromatic carbocycles. The number of methoxy groups -OCH3 is 1. The smallest absolute Gasteiger partial charge is 0.257 e. The van der Waals surface area contributed by atoms with Crippen molar-refractivity contribution < 1.29 is 14.6 Å². The van der Waals surface area contributed by atoms with Crippen molar-refractivity contribution in [1.29, 1.82) is 0 Å². The van der Waals surface area contributed by atoms with Gasteiger partial charge in [0.25, 0.3) is 5.91 Å². The number of alkyl halides is 1. The molecule has 1 atom stereocenters. The fourth-order valence-electron chi connectivity index (χ4n) is 1.50. The second-order valence-corrected chi connectivity index (χ2v) is 5.43. The second-order valence-electron chi connectivity index (χ2n) is 3.90. The Morgan fingerprint density at radius 3 is 2.83 bits per heavy atom. The van der Waals surface area contributed by atoms with Crippen molar-refractivity contribution in [3.63, 3.8) is 0 Å². The van der Waals surface area contributed by atoms with Crippen LogP contribution in [0.3, 0.4) is 0 Å². The van der Waals surface area contributed by atoms with Gasteiger partial charge in [-0.3, -0.25) is 4.79 Å². The predicted molar refractivity (Wildman–Crippen MR) is 74.3 cm³/mol. The molecule has 0 saturated heterocycles. The van der Waals surface area contributed by atoms with Crippen molar-refractivity contribution in [2.45, 2.75) is 5.38 Å². The molecule has 1 rings (SSSR count). The number of benzene rings is 1. The van der Waals surface area contributed by atoms with Gasteiger partial charge >= 0.3 is 0 Å². The third-order valence-electron chi connectivity index (χ3n) is 2.36. The minimum absolute atomic E-state index is 0.0564. The van der Waals surface area contributed by atoms with E-state index < -0.39 is 0 Å². The highest BCUT2D eigenvalue weighted by Crippen LogP contribution is 2.23. The number of phenolic OH excluding ortho intramolecular Hbond substituents is 1. The molecule has 6 heteroatoms. The summed E-state index contributed by atoms with van der Waals surface area (Å²) in [5.41, 5.74) is 0.252. The van der Waals surface area contributed by atoms with Gasteiger partial charge in [-0.15, -0.1) is 11.6 Å². The molecule has 0 aliphatic rings. The number of aromatic hydroxyl groups is 1. The molecule has 100 valence electrons. The molecule has 0 aliphatic heterocycles. The number of halogens is 2. The largest absolute Gasteiger partial charge is 0.507 e. The maximum absolute atomic E-state index is 12.1. The molecule has 1 aromatic rings. The molecule has 0 fully saturated rings. The van der Waals surface area contributed by atoms with E-state index in [1.807, 2.05) is 0 Å². The molecule has 0 spiro atoms. The molecule has 0 saturated carbocycles. The van der Waals surface area contributed by atoms with Crippen LogP contribution >= 0.6 is 27.5 Å². The van der Waals surface area contributed by atoms with E-state index in [2.05, 4.69) is 15.9 Å². The van der Waals surface area contributed by atoms with Gasteiger partial charge in [0.2, 0.25) is 0 Å². The van der Waals surface area contributed by atoms with Gasteiger partial charge in [-0.2, -0.15) is 0 Å². The van der Waals surface area contributed by atoms with Crippen LogP contribution in [0.25, 0.3) is 0 Å². The van der Waals surface area contributed by atoms with Crippen molar-refractivity contribution >= 4 is 33.4 Å². The van der Waals surface area contributed by atoms with Crippen molar-refractivity contribution in [2.75, 3.05) is 27.3 Å². The zero-order chi connectivity index (χ0) is 13.7. The number of ether oxygens (including phenoxy) is 1. The van der Waals surface area contributed by atoms with Crippen LogP contribution in [-0.4, -0.2) is 48.6 Å². The van der Waals surface area contributed by atoms with Crippen LogP contribution in [0, 0.1) is 0 Å². The van der Waals surface area contributed by atoms with Crippen molar-refractivity contribution in [3.8, 4) is 5.75 Å². The lowest BCUT2D eigenvalue weighted by atomic mass is 10.2. The first-order valence-corrected chi connectivity index (χ1v) is 6.55. The molecule has 0 aromatic heterocycles.